The van der Waals surface area contributed by atoms with E-state index in [1.807, 2.05) is 0 Å². The summed E-state index contributed by atoms with van der Waals surface area (Å²) < 4.78 is 4.45. The van der Waals surface area contributed by atoms with Crippen molar-refractivity contribution in [3.63, 3.8) is 0 Å². The van der Waals surface area contributed by atoms with Gasteiger partial charge in [0.25, 0.3) is 5.24 Å². The number of nitrogens with zero attached hydrogens (tertiary/aromatic N) is 1. The van der Waals surface area contributed by atoms with Crippen LogP contribution in [0.3, 0.4) is 0 Å². The summed E-state index contributed by atoms with van der Waals surface area (Å²) in [5, 5.41) is 2.92. The van der Waals surface area contributed by atoms with Gasteiger partial charge in [-0.1, -0.05) is 5.16 Å². The summed E-state index contributed by atoms with van der Waals surface area (Å²) in [6.45, 7) is 1.65. The third-order valence-electron chi connectivity index (χ3n) is 0.962. The second-order valence-electron chi connectivity index (χ2n) is 1.59. The average Bonchev–Trinajstić information content (AvgIpc) is 2.13. The van der Waals surface area contributed by atoms with Gasteiger partial charge in [-0.05, 0) is 18.5 Å². The minimum absolute atomic E-state index is 0.330. The number of aryl methyl sites for hydroxylation is 1. The van der Waals surface area contributed by atoms with Gasteiger partial charge in [-0.25, -0.2) is 0 Å². The standard InChI is InChI=1S/C5H4ClNO2/c1-3-4(5(6)8)2-9-7-3/h2H,1H3. The predicted octanol–water partition coefficient (Wildman–Crippen LogP) is 1.36. The molecular weight excluding hydrogens is 142 g/mol. The SMILES string of the molecule is Cc1nocc1C(=O)Cl. The molecule has 0 saturated heterocycles. The van der Waals surface area contributed by atoms with Gasteiger partial charge in [0.05, 0.1) is 11.3 Å². The molecule has 0 spiro atoms. The zero-order valence-electron chi connectivity index (χ0n) is 4.72. The summed E-state index contributed by atoms with van der Waals surface area (Å²) in [6, 6.07) is 0. The van der Waals surface area contributed by atoms with Gasteiger partial charge in [-0.2, -0.15) is 0 Å². The summed E-state index contributed by atoms with van der Waals surface area (Å²) in [5.41, 5.74) is 0.853. The molecule has 0 aliphatic carbocycles. The molecule has 0 atom stereocenters. The summed E-state index contributed by atoms with van der Waals surface area (Å²) in [5.74, 6) is 0. The highest BCUT2D eigenvalue weighted by Crippen LogP contribution is 2.07. The van der Waals surface area contributed by atoms with Crippen LogP contribution in [-0.4, -0.2) is 10.4 Å². The van der Waals surface area contributed by atoms with Crippen molar-refractivity contribution in [2.24, 2.45) is 0 Å². The molecule has 0 radical (unpaired) electrons. The van der Waals surface area contributed by atoms with Crippen LogP contribution in [0, 0.1) is 6.92 Å². The number of rotatable bonds is 1. The quantitative estimate of drug-likeness (QED) is 0.561. The monoisotopic (exact) mass is 145 g/mol. The van der Waals surface area contributed by atoms with E-state index in [4.69, 9.17) is 11.6 Å². The molecule has 0 aliphatic heterocycles. The molecule has 0 aliphatic rings. The Morgan fingerprint density at radius 1 is 1.89 bits per heavy atom. The maximum absolute atomic E-state index is 10.4. The maximum atomic E-state index is 10.4. The molecule has 3 nitrogen and oxygen atoms in total. The van der Waals surface area contributed by atoms with E-state index in [1.165, 1.54) is 6.26 Å². The average molecular weight is 146 g/mol. The number of hydrogen-bond donors (Lipinski definition) is 0. The van der Waals surface area contributed by atoms with Crippen LogP contribution in [0.5, 0.6) is 0 Å². The highest BCUT2D eigenvalue weighted by atomic mass is 35.5. The first-order valence-electron chi connectivity index (χ1n) is 2.32. The first-order chi connectivity index (χ1) is 4.22. The van der Waals surface area contributed by atoms with E-state index in [1.54, 1.807) is 6.92 Å². The van der Waals surface area contributed by atoms with Crippen LogP contribution in [0.1, 0.15) is 16.1 Å². The van der Waals surface area contributed by atoms with E-state index in [0.717, 1.165) is 0 Å². The third-order valence-corrected chi connectivity index (χ3v) is 1.17. The van der Waals surface area contributed by atoms with Crippen molar-refractivity contribution in [1.82, 2.24) is 5.16 Å². The van der Waals surface area contributed by atoms with Crippen molar-refractivity contribution >= 4 is 16.8 Å². The summed E-state index contributed by atoms with van der Waals surface area (Å²) in [4.78, 5) is 10.4. The van der Waals surface area contributed by atoms with Crippen LogP contribution in [-0.2, 0) is 0 Å². The van der Waals surface area contributed by atoms with Crippen molar-refractivity contribution < 1.29 is 9.32 Å². The third kappa shape index (κ3) is 1.10. The Labute approximate surface area is 56.6 Å². The Balaban J connectivity index is 3.08. The van der Waals surface area contributed by atoms with Crippen molar-refractivity contribution in [3.05, 3.63) is 17.5 Å². The maximum Gasteiger partial charge on any atom is 0.257 e. The summed E-state index contributed by atoms with van der Waals surface area (Å²) in [7, 11) is 0. The topological polar surface area (TPSA) is 43.1 Å². The molecule has 0 fully saturated rings. The lowest BCUT2D eigenvalue weighted by molar-refractivity contribution is 0.108. The van der Waals surface area contributed by atoms with Crippen molar-refractivity contribution in [2.75, 3.05) is 0 Å². The number of carbonyl (C=O) groups excluding carboxylic acids is 1. The normalized spacial score (nSPS) is 9.56. The van der Waals surface area contributed by atoms with Gasteiger partial charge >= 0.3 is 0 Å². The van der Waals surface area contributed by atoms with Crippen molar-refractivity contribution in [3.8, 4) is 0 Å². The second kappa shape index (κ2) is 2.19. The minimum atomic E-state index is -0.534. The van der Waals surface area contributed by atoms with Gasteiger partial charge in [0.2, 0.25) is 0 Å². The lowest BCUT2D eigenvalue weighted by Gasteiger charge is -1.80. The smallest absolute Gasteiger partial charge is 0.257 e. The fourth-order valence-electron chi connectivity index (χ4n) is 0.481. The molecule has 0 aromatic carbocycles. The lowest BCUT2D eigenvalue weighted by Crippen LogP contribution is -1.87. The molecule has 0 N–H and O–H groups in total. The van der Waals surface area contributed by atoms with Gasteiger partial charge in [-0.3, -0.25) is 4.79 Å². The van der Waals surface area contributed by atoms with E-state index in [0.29, 0.717) is 11.3 Å². The fourth-order valence-corrected chi connectivity index (χ4v) is 0.662. The van der Waals surface area contributed by atoms with E-state index >= 15 is 0 Å². The molecule has 0 amide bonds. The Kier molecular flexibility index (Phi) is 1.53. The number of halogens is 1. The molecule has 4 heteroatoms. The lowest BCUT2D eigenvalue weighted by atomic mass is 10.3. The van der Waals surface area contributed by atoms with E-state index < -0.39 is 5.24 Å². The van der Waals surface area contributed by atoms with E-state index in [2.05, 4.69) is 9.68 Å². The van der Waals surface area contributed by atoms with Crippen molar-refractivity contribution in [1.29, 1.82) is 0 Å². The van der Waals surface area contributed by atoms with Gasteiger partial charge in [0, 0.05) is 0 Å². The predicted molar refractivity (Wildman–Crippen MR) is 31.4 cm³/mol. The number of aromatic nitrogens is 1. The largest absolute Gasteiger partial charge is 0.364 e. The van der Waals surface area contributed by atoms with Gasteiger partial charge < -0.3 is 4.52 Å². The Morgan fingerprint density at radius 3 is 2.78 bits per heavy atom. The molecule has 1 aromatic rings. The van der Waals surface area contributed by atoms with Gasteiger partial charge in [0.1, 0.15) is 6.26 Å². The Morgan fingerprint density at radius 2 is 2.56 bits per heavy atom. The van der Waals surface area contributed by atoms with Crippen LogP contribution in [0.2, 0.25) is 0 Å². The first-order valence-corrected chi connectivity index (χ1v) is 2.70. The fraction of sp³-hybridized carbons (Fsp3) is 0.200. The number of carbonyl (C=O) groups is 1. The minimum Gasteiger partial charge on any atom is -0.364 e. The second-order valence-corrected chi connectivity index (χ2v) is 1.93. The van der Waals surface area contributed by atoms with Crippen LogP contribution in [0.15, 0.2) is 10.8 Å². The zero-order valence-corrected chi connectivity index (χ0v) is 5.47. The van der Waals surface area contributed by atoms with Crippen LogP contribution < -0.4 is 0 Å². The highest BCUT2D eigenvalue weighted by Gasteiger charge is 2.08. The highest BCUT2D eigenvalue weighted by molar-refractivity contribution is 6.67. The molecule has 1 aromatic heterocycles. The zero-order chi connectivity index (χ0) is 6.85. The Hall–Kier alpha value is -0.830. The van der Waals surface area contributed by atoms with Crippen LogP contribution in [0.25, 0.3) is 0 Å². The molecule has 1 rings (SSSR count). The molecule has 0 saturated carbocycles. The van der Waals surface area contributed by atoms with Crippen LogP contribution >= 0.6 is 11.6 Å². The van der Waals surface area contributed by atoms with Gasteiger partial charge in [-0.15, -0.1) is 0 Å². The first kappa shape index (κ1) is 6.29. The van der Waals surface area contributed by atoms with Crippen LogP contribution in [0.4, 0.5) is 0 Å². The molecule has 0 unspecified atom stereocenters. The molecule has 48 valence electrons. The molecule has 0 bridgehead atoms. The van der Waals surface area contributed by atoms with Gasteiger partial charge in [0.15, 0.2) is 0 Å². The Bertz CT molecular complexity index is 231. The molecular formula is C5H4ClNO2. The van der Waals surface area contributed by atoms with E-state index in [-0.39, 0.29) is 0 Å². The number of hydrogen-bond acceptors (Lipinski definition) is 3. The molecule has 9 heavy (non-hydrogen) atoms. The summed E-state index contributed by atoms with van der Waals surface area (Å²) >= 11 is 5.11. The molecule has 1 heterocycles. The van der Waals surface area contributed by atoms with E-state index in [9.17, 15) is 4.79 Å². The van der Waals surface area contributed by atoms with Crippen molar-refractivity contribution in [2.45, 2.75) is 6.92 Å². The summed E-state index contributed by atoms with van der Waals surface area (Å²) in [6.07, 6.45) is 1.23.